The van der Waals surface area contributed by atoms with Gasteiger partial charge >= 0.3 is 0 Å². The number of carbonyl (C=O) groups excluding carboxylic acids is 1. The smallest absolute Gasteiger partial charge is 0.238 e. The molecule has 9 heteroatoms. The number of anilines is 1. The Kier molecular flexibility index (Phi) is 4.97. The normalized spacial score (nSPS) is 14.7. The third kappa shape index (κ3) is 3.14. The average molecular weight is 449 g/mol. The molecule has 28 heavy (non-hydrogen) atoms. The fourth-order valence-electron chi connectivity index (χ4n) is 3.51. The summed E-state index contributed by atoms with van der Waals surface area (Å²) in [5, 5.41) is 4.87. The highest BCUT2D eigenvalue weighted by Gasteiger charge is 2.43. The number of amides is 1. The molecule has 4 rings (SSSR count). The number of hydrogen-bond acceptors (Lipinski definition) is 7. The van der Waals surface area contributed by atoms with Gasteiger partial charge in [0.05, 0.1) is 21.9 Å². The third-order valence-corrected chi connectivity index (χ3v) is 9.19. The molecule has 0 bridgehead atoms. The molecule has 0 atom stereocenters. The first-order valence-corrected chi connectivity index (χ1v) is 12.3. The van der Waals surface area contributed by atoms with E-state index in [1.54, 1.807) is 31.7 Å². The zero-order chi connectivity index (χ0) is 20.2. The average Bonchev–Trinajstić information content (AvgIpc) is 3.21. The topological polar surface area (TPSA) is 51.0 Å². The molecule has 1 aliphatic heterocycles. The Balaban J connectivity index is 1.79. The van der Waals surface area contributed by atoms with Crippen LogP contribution in [-0.2, 0) is 17.4 Å². The van der Waals surface area contributed by atoms with Crippen LogP contribution in [0.2, 0.25) is 0 Å². The van der Waals surface area contributed by atoms with Gasteiger partial charge in [0, 0.05) is 18.2 Å². The largest absolute Gasteiger partial charge is 0.301 e. The first-order valence-electron chi connectivity index (χ1n) is 8.77. The molecule has 3 heterocycles. The first kappa shape index (κ1) is 19.8. The van der Waals surface area contributed by atoms with Gasteiger partial charge in [-0.3, -0.25) is 9.48 Å². The molecular weight excluding hydrogens is 429 g/mol. The number of nitrogens with zero attached hydrogens (tertiary/aromatic N) is 4. The van der Waals surface area contributed by atoms with Crippen LogP contribution >= 0.6 is 44.7 Å². The van der Waals surface area contributed by atoms with Gasteiger partial charge in [-0.25, -0.2) is 4.98 Å². The van der Waals surface area contributed by atoms with Gasteiger partial charge in [-0.15, -0.1) is 5.10 Å². The molecule has 1 amide bonds. The van der Waals surface area contributed by atoms with Crippen LogP contribution in [0, 0.1) is 17.7 Å². The zero-order valence-electron chi connectivity index (χ0n) is 16.3. The molecular formula is C19H20N4OS4. The van der Waals surface area contributed by atoms with Crippen LogP contribution in [0.15, 0.2) is 23.6 Å². The van der Waals surface area contributed by atoms with Crippen LogP contribution in [0.3, 0.4) is 0 Å². The van der Waals surface area contributed by atoms with Crippen LogP contribution < -0.4 is 4.90 Å². The molecule has 0 saturated carbocycles. The van der Waals surface area contributed by atoms with Gasteiger partial charge in [0.25, 0.3) is 0 Å². The fraction of sp³-hybridized carbons (Fsp3) is 0.368. The molecule has 0 aliphatic carbocycles. The molecule has 1 aromatic carbocycles. The van der Waals surface area contributed by atoms with E-state index >= 15 is 0 Å². The summed E-state index contributed by atoms with van der Waals surface area (Å²) in [6.07, 6.45) is 1.64. The van der Waals surface area contributed by atoms with Gasteiger partial charge < -0.3 is 4.90 Å². The number of fused-ring (bicyclic) bond motifs is 3. The highest BCUT2D eigenvalue weighted by Crippen LogP contribution is 2.52. The summed E-state index contributed by atoms with van der Waals surface area (Å²) < 4.78 is 2.54. The zero-order valence-corrected chi connectivity index (χ0v) is 19.5. The van der Waals surface area contributed by atoms with Gasteiger partial charge in [-0.1, -0.05) is 44.7 Å². The van der Waals surface area contributed by atoms with E-state index in [1.807, 2.05) is 11.9 Å². The second kappa shape index (κ2) is 7.05. The van der Waals surface area contributed by atoms with Gasteiger partial charge in [-0.2, -0.15) is 0 Å². The predicted molar refractivity (Wildman–Crippen MR) is 120 cm³/mol. The second-order valence-electron chi connectivity index (χ2n) is 7.39. The maximum atomic E-state index is 13.4. The lowest BCUT2D eigenvalue weighted by molar-refractivity contribution is -0.117. The number of hydrogen-bond donors (Lipinski definition) is 0. The van der Waals surface area contributed by atoms with E-state index < -0.39 is 5.54 Å². The highest BCUT2D eigenvalue weighted by molar-refractivity contribution is 7.99. The summed E-state index contributed by atoms with van der Waals surface area (Å²) in [5.41, 5.74) is 5.04. The quantitative estimate of drug-likeness (QED) is 0.308. The van der Waals surface area contributed by atoms with Crippen LogP contribution in [0.1, 0.15) is 29.9 Å². The molecule has 146 valence electrons. The molecule has 0 N–H and O–H groups in total. The van der Waals surface area contributed by atoms with Crippen molar-refractivity contribution in [3.8, 4) is 11.1 Å². The van der Waals surface area contributed by atoms with E-state index in [0.29, 0.717) is 5.16 Å². The van der Waals surface area contributed by atoms with Crippen molar-refractivity contribution in [1.29, 1.82) is 0 Å². The van der Waals surface area contributed by atoms with Gasteiger partial charge in [0.2, 0.25) is 11.1 Å². The number of aromatic nitrogens is 3. The third-order valence-electron chi connectivity index (χ3n) is 5.02. The van der Waals surface area contributed by atoms with Crippen molar-refractivity contribution in [2.24, 2.45) is 7.05 Å². The minimum absolute atomic E-state index is 0.0434. The molecule has 2 aromatic heterocycles. The summed E-state index contributed by atoms with van der Waals surface area (Å²) in [6.45, 7) is 8.38. The Morgan fingerprint density at radius 3 is 2.64 bits per heavy atom. The van der Waals surface area contributed by atoms with Gasteiger partial charge in [0.15, 0.2) is 0 Å². The minimum Gasteiger partial charge on any atom is -0.301 e. The van der Waals surface area contributed by atoms with Gasteiger partial charge in [-0.05, 0) is 51.0 Å². The molecule has 3 aromatic rings. The van der Waals surface area contributed by atoms with E-state index in [1.165, 1.54) is 22.9 Å². The second-order valence-corrected chi connectivity index (χ2v) is 11.1. The lowest BCUT2D eigenvalue weighted by Gasteiger charge is -2.43. The van der Waals surface area contributed by atoms with Crippen LogP contribution in [-0.4, -0.2) is 26.4 Å². The lowest BCUT2D eigenvalue weighted by atomic mass is 9.86. The maximum Gasteiger partial charge on any atom is 0.238 e. The number of benzene rings is 1. The first-order chi connectivity index (χ1) is 13.2. The Morgan fingerprint density at radius 1 is 1.25 bits per heavy atom. The van der Waals surface area contributed by atoms with Crippen molar-refractivity contribution < 1.29 is 4.79 Å². The molecule has 0 unspecified atom stereocenters. The van der Waals surface area contributed by atoms with Crippen LogP contribution in [0.4, 0.5) is 5.69 Å². The van der Waals surface area contributed by atoms with Crippen molar-refractivity contribution in [2.75, 3.05) is 10.7 Å². The molecule has 0 radical (unpaired) electrons. The summed E-state index contributed by atoms with van der Waals surface area (Å²) in [6, 6.07) is 4.29. The Labute approximate surface area is 180 Å². The molecule has 0 spiro atoms. The summed E-state index contributed by atoms with van der Waals surface area (Å²) in [4.78, 5) is 20.7. The summed E-state index contributed by atoms with van der Waals surface area (Å²) in [7, 11) is 5.11. The van der Waals surface area contributed by atoms with E-state index in [9.17, 15) is 4.79 Å². The highest BCUT2D eigenvalue weighted by atomic mass is 32.9. The predicted octanol–water partition coefficient (Wildman–Crippen LogP) is 5.33. The van der Waals surface area contributed by atoms with E-state index in [2.05, 4.69) is 49.9 Å². The minimum atomic E-state index is -0.461. The van der Waals surface area contributed by atoms with Crippen LogP contribution in [0.5, 0.6) is 0 Å². The summed E-state index contributed by atoms with van der Waals surface area (Å²) in [5.74, 6) is 0.326. The van der Waals surface area contributed by atoms with Crippen molar-refractivity contribution in [2.45, 2.75) is 38.4 Å². The molecule has 5 nitrogen and oxygen atoms in total. The molecule has 0 saturated heterocycles. The fourth-order valence-corrected chi connectivity index (χ4v) is 7.48. The molecule has 1 aliphatic rings. The SMILES string of the molecule is Cc1cc2c(cc1C)N(C(=O)CSc1ncn(C)n1)C(C)(C)c1ssc(=S)c1-2. The Morgan fingerprint density at radius 2 is 1.96 bits per heavy atom. The van der Waals surface area contributed by atoms with E-state index in [0.717, 1.165) is 25.5 Å². The lowest BCUT2D eigenvalue weighted by Crippen LogP contribution is -2.48. The van der Waals surface area contributed by atoms with Crippen molar-refractivity contribution >= 4 is 56.3 Å². The van der Waals surface area contributed by atoms with Crippen molar-refractivity contribution in [3.05, 3.63) is 38.3 Å². The maximum absolute atomic E-state index is 13.4. The number of carbonyl (C=O) groups is 1. The Bertz CT molecular complexity index is 1140. The molecule has 0 fully saturated rings. The van der Waals surface area contributed by atoms with Crippen molar-refractivity contribution in [1.82, 2.24) is 14.8 Å². The number of thioether (sulfide) groups is 1. The van der Waals surface area contributed by atoms with Crippen LogP contribution in [0.25, 0.3) is 11.1 Å². The monoisotopic (exact) mass is 448 g/mol. The van der Waals surface area contributed by atoms with E-state index in [4.69, 9.17) is 12.2 Å². The van der Waals surface area contributed by atoms with Crippen molar-refractivity contribution in [3.63, 3.8) is 0 Å². The number of aryl methyl sites for hydroxylation is 3. The number of rotatable bonds is 3. The van der Waals surface area contributed by atoms with Gasteiger partial charge in [0.1, 0.15) is 10.2 Å². The van der Waals surface area contributed by atoms with E-state index in [-0.39, 0.29) is 11.7 Å². The standard InChI is InChI=1S/C19H20N4OS4/c1-10-6-12-13(7-11(10)2)23(14(24)8-26-18-20-9-22(5)21-18)19(3,4)16-15(12)17(25)28-27-16/h6-7,9H,8H2,1-5H3. The summed E-state index contributed by atoms with van der Waals surface area (Å²) >= 11 is 7.01. The Hall–Kier alpha value is -1.55.